The lowest BCUT2D eigenvalue weighted by atomic mass is 10.2. The Morgan fingerprint density at radius 2 is 2.21 bits per heavy atom. The molecule has 0 radical (unpaired) electrons. The van der Waals surface area contributed by atoms with Crippen LogP contribution in [0.4, 0.5) is 11.4 Å². The molecule has 74 valence electrons. The van der Waals surface area contributed by atoms with E-state index < -0.39 is 4.92 Å². The van der Waals surface area contributed by atoms with Crippen LogP contribution in [0, 0.1) is 17.0 Å². The van der Waals surface area contributed by atoms with E-state index in [1.165, 1.54) is 12.1 Å². The molecule has 0 atom stereocenters. The van der Waals surface area contributed by atoms with Crippen molar-refractivity contribution in [3.8, 4) is 0 Å². The highest BCUT2D eigenvalue weighted by Crippen LogP contribution is 2.23. The van der Waals surface area contributed by atoms with Gasteiger partial charge in [0, 0.05) is 12.1 Å². The summed E-state index contributed by atoms with van der Waals surface area (Å²) in [6, 6.07) is 4.46. The molecule has 0 aliphatic heterocycles. The van der Waals surface area contributed by atoms with Gasteiger partial charge in [0.2, 0.25) is 0 Å². The molecule has 0 fully saturated rings. The Hall–Kier alpha value is -1.42. The molecule has 0 aliphatic rings. The van der Waals surface area contributed by atoms with Gasteiger partial charge in [-0.15, -0.1) is 0 Å². The first-order valence-electron chi connectivity index (χ1n) is 3.96. The molecule has 0 bridgehead atoms. The largest absolute Gasteiger partial charge is 0.269 e. The SMILES string of the molecule is CC(Cl)=Nc1ccc([N+](=O)[O-])cc1C. The highest BCUT2D eigenvalue weighted by molar-refractivity contribution is 6.65. The predicted octanol–water partition coefficient (Wildman–Crippen LogP) is 3.19. The average Bonchev–Trinajstić information content (AvgIpc) is 2.07. The van der Waals surface area contributed by atoms with Crippen molar-refractivity contribution in [2.75, 3.05) is 0 Å². The van der Waals surface area contributed by atoms with Crippen molar-refractivity contribution in [3.05, 3.63) is 33.9 Å². The number of non-ortho nitro benzene ring substituents is 1. The Kier molecular flexibility index (Phi) is 3.19. The van der Waals surface area contributed by atoms with Gasteiger partial charge < -0.3 is 0 Å². The monoisotopic (exact) mass is 212 g/mol. The highest BCUT2D eigenvalue weighted by Gasteiger charge is 2.07. The van der Waals surface area contributed by atoms with E-state index in [0.29, 0.717) is 10.9 Å². The number of benzene rings is 1. The van der Waals surface area contributed by atoms with Crippen molar-refractivity contribution < 1.29 is 4.92 Å². The van der Waals surface area contributed by atoms with E-state index in [2.05, 4.69) is 4.99 Å². The molecule has 0 saturated carbocycles. The topological polar surface area (TPSA) is 55.5 Å². The van der Waals surface area contributed by atoms with Gasteiger partial charge in [0.15, 0.2) is 0 Å². The number of hydrogen-bond acceptors (Lipinski definition) is 3. The predicted molar refractivity (Wildman–Crippen MR) is 56.5 cm³/mol. The Morgan fingerprint density at radius 1 is 1.57 bits per heavy atom. The minimum atomic E-state index is -0.436. The molecule has 0 saturated heterocycles. The summed E-state index contributed by atoms with van der Waals surface area (Å²) in [6.45, 7) is 3.41. The van der Waals surface area contributed by atoms with Gasteiger partial charge in [-0.1, -0.05) is 11.6 Å². The van der Waals surface area contributed by atoms with E-state index >= 15 is 0 Å². The Bertz CT molecular complexity index is 398. The van der Waals surface area contributed by atoms with Gasteiger partial charge in [-0.05, 0) is 25.5 Å². The third-order valence-corrected chi connectivity index (χ3v) is 1.75. The van der Waals surface area contributed by atoms with Gasteiger partial charge in [-0.3, -0.25) is 10.1 Å². The Balaban J connectivity index is 3.14. The van der Waals surface area contributed by atoms with Crippen molar-refractivity contribution in [1.29, 1.82) is 0 Å². The molecule has 1 aromatic carbocycles. The molecule has 5 heteroatoms. The molecule has 4 nitrogen and oxygen atoms in total. The van der Waals surface area contributed by atoms with Crippen molar-refractivity contribution in [2.45, 2.75) is 13.8 Å². The summed E-state index contributed by atoms with van der Waals surface area (Å²) in [4.78, 5) is 14.0. The zero-order chi connectivity index (χ0) is 10.7. The zero-order valence-electron chi connectivity index (χ0n) is 7.82. The first-order chi connectivity index (χ1) is 6.50. The number of aliphatic imine (C=N–C) groups is 1. The number of hydrogen-bond donors (Lipinski definition) is 0. The molecule has 0 aliphatic carbocycles. The van der Waals surface area contributed by atoms with Crippen molar-refractivity contribution in [3.63, 3.8) is 0 Å². The summed E-state index contributed by atoms with van der Waals surface area (Å²) < 4.78 is 0. The number of aryl methyl sites for hydroxylation is 1. The molecule has 0 heterocycles. The number of nitro groups is 1. The van der Waals surface area contributed by atoms with Crippen molar-refractivity contribution in [1.82, 2.24) is 0 Å². The van der Waals surface area contributed by atoms with Crippen LogP contribution in [0.15, 0.2) is 23.2 Å². The molecular formula is C9H9ClN2O2. The van der Waals surface area contributed by atoms with Crippen LogP contribution in [0.1, 0.15) is 12.5 Å². The lowest BCUT2D eigenvalue weighted by Crippen LogP contribution is -1.88. The maximum Gasteiger partial charge on any atom is 0.269 e. The van der Waals surface area contributed by atoms with E-state index in [1.807, 2.05) is 0 Å². The molecular weight excluding hydrogens is 204 g/mol. The molecule has 0 aromatic heterocycles. The van der Waals surface area contributed by atoms with Crippen LogP contribution >= 0.6 is 11.6 Å². The van der Waals surface area contributed by atoms with Gasteiger partial charge in [0.25, 0.3) is 5.69 Å². The van der Waals surface area contributed by atoms with E-state index in [9.17, 15) is 10.1 Å². The van der Waals surface area contributed by atoms with Gasteiger partial charge in [0.05, 0.1) is 10.6 Å². The normalized spacial score (nSPS) is 11.5. The fraction of sp³-hybridized carbons (Fsp3) is 0.222. The average molecular weight is 213 g/mol. The summed E-state index contributed by atoms with van der Waals surface area (Å²) in [5, 5.41) is 10.8. The van der Waals surface area contributed by atoms with Crippen molar-refractivity contribution >= 4 is 28.1 Å². The second-order valence-corrected chi connectivity index (χ2v) is 3.38. The summed E-state index contributed by atoms with van der Waals surface area (Å²) in [5.74, 6) is 0. The van der Waals surface area contributed by atoms with Gasteiger partial charge >= 0.3 is 0 Å². The minimum absolute atomic E-state index is 0.0636. The third kappa shape index (κ3) is 2.53. The van der Waals surface area contributed by atoms with Crippen LogP contribution in [-0.2, 0) is 0 Å². The lowest BCUT2D eigenvalue weighted by molar-refractivity contribution is -0.384. The summed E-state index contributed by atoms with van der Waals surface area (Å²) >= 11 is 5.60. The van der Waals surface area contributed by atoms with Gasteiger partial charge in [-0.2, -0.15) is 0 Å². The molecule has 0 spiro atoms. The molecule has 0 amide bonds. The number of halogens is 1. The zero-order valence-corrected chi connectivity index (χ0v) is 8.58. The molecule has 14 heavy (non-hydrogen) atoms. The van der Waals surface area contributed by atoms with Crippen molar-refractivity contribution in [2.24, 2.45) is 4.99 Å². The molecule has 0 unspecified atom stereocenters. The van der Waals surface area contributed by atoms with E-state index in [-0.39, 0.29) is 5.69 Å². The maximum absolute atomic E-state index is 10.4. The smallest absolute Gasteiger partial charge is 0.258 e. The second-order valence-electron chi connectivity index (χ2n) is 2.84. The van der Waals surface area contributed by atoms with Crippen LogP contribution in [0.25, 0.3) is 0 Å². The van der Waals surface area contributed by atoms with E-state index in [4.69, 9.17) is 11.6 Å². The number of rotatable bonds is 2. The number of nitro benzene ring substituents is 1. The first kappa shape index (κ1) is 10.7. The fourth-order valence-corrected chi connectivity index (χ4v) is 1.14. The standard InChI is InChI=1S/C9H9ClN2O2/c1-6-5-8(12(13)14)3-4-9(6)11-7(2)10/h3-5H,1-2H3. The van der Waals surface area contributed by atoms with Crippen LogP contribution < -0.4 is 0 Å². The maximum atomic E-state index is 10.4. The van der Waals surface area contributed by atoms with Crippen LogP contribution in [0.2, 0.25) is 0 Å². The summed E-state index contributed by atoms with van der Waals surface area (Å²) in [5.41, 5.74) is 1.45. The molecule has 0 N–H and O–H groups in total. The lowest BCUT2D eigenvalue weighted by Gasteiger charge is -1.99. The van der Waals surface area contributed by atoms with Gasteiger partial charge in [-0.25, -0.2) is 4.99 Å². The first-order valence-corrected chi connectivity index (χ1v) is 4.34. The van der Waals surface area contributed by atoms with E-state index in [0.717, 1.165) is 5.56 Å². The second kappa shape index (κ2) is 4.19. The van der Waals surface area contributed by atoms with Crippen LogP contribution in [0.5, 0.6) is 0 Å². The molecule has 1 aromatic rings. The Labute approximate surface area is 86.4 Å². The number of nitrogens with zero attached hydrogens (tertiary/aromatic N) is 2. The summed E-state index contributed by atoms with van der Waals surface area (Å²) in [7, 11) is 0. The minimum Gasteiger partial charge on any atom is -0.258 e. The molecule has 1 rings (SSSR count). The van der Waals surface area contributed by atoms with Gasteiger partial charge in [0.1, 0.15) is 5.17 Å². The Morgan fingerprint density at radius 3 is 2.64 bits per heavy atom. The third-order valence-electron chi connectivity index (χ3n) is 1.67. The fourth-order valence-electron chi connectivity index (χ4n) is 1.04. The van der Waals surface area contributed by atoms with Crippen LogP contribution in [0.3, 0.4) is 0 Å². The highest BCUT2D eigenvalue weighted by atomic mass is 35.5. The quantitative estimate of drug-likeness (QED) is 0.429. The van der Waals surface area contributed by atoms with Crippen LogP contribution in [-0.4, -0.2) is 10.1 Å². The summed E-state index contributed by atoms with van der Waals surface area (Å²) in [6.07, 6.45) is 0. The van der Waals surface area contributed by atoms with E-state index in [1.54, 1.807) is 19.9 Å².